The summed E-state index contributed by atoms with van der Waals surface area (Å²) < 4.78 is 0. The van der Waals surface area contributed by atoms with Gasteiger partial charge in [-0.05, 0) is 50.0 Å². The van der Waals surface area contributed by atoms with Crippen LogP contribution < -0.4 is 5.73 Å². The minimum absolute atomic E-state index is 0. The average Bonchev–Trinajstić information content (AvgIpc) is 3.22. The number of halogens is 1. The molecule has 2 aliphatic carbocycles. The molecule has 1 aliphatic heterocycles. The van der Waals surface area contributed by atoms with Crippen molar-refractivity contribution in [3.8, 4) is 0 Å². The van der Waals surface area contributed by atoms with Gasteiger partial charge >= 0.3 is 0 Å². The summed E-state index contributed by atoms with van der Waals surface area (Å²) in [5, 5.41) is 0. The third-order valence-corrected chi connectivity index (χ3v) is 6.53. The lowest BCUT2D eigenvalue weighted by atomic mass is 9.83. The standard InChI is InChI=1S/C19H26N2O.ClH/c1-12-16(13-5-3-2-4-6-13)9-10-21(12)19(22)17-14-7-8-15(11-14)18(17)20;/h2-6,12,14-18H,7-11,20H2,1H3;1H. The molecule has 0 aromatic heterocycles. The van der Waals surface area contributed by atoms with E-state index in [1.54, 1.807) is 0 Å². The van der Waals surface area contributed by atoms with Crippen LogP contribution in [0.4, 0.5) is 0 Å². The molecule has 1 amide bonds. The number of carbonyl (C=O) groups excluding carboxylic acids is 1. The van der Waals surface area contributed by atoms with E-state index >= 15 is 0 Å². The number of amides is 1. The van der Waals surface area contributed by atoms with Gasteiger partial charge in [-0.3, -0.25) is 4.79 Å². The van der Waals surface area contributed by atoms with E-state index in [4.69, 9.17) is 5.73 Å². The summed E-state index contributed by atoms with van der Waals surface area (Å²) in [5.74, 6) is 2.05. The molecule has 1 saturated heterocycles. The number of nitrogens with two attached hydrogens (primary N) is 1. The van der Waals surface area contributed by atoms with Crippen LogP contribution in [0.3, 0.4) is 0 Å². The normalized spacial score (nSPS) is 38.6. The molecular weight excluding hydrogens is 308 g/mol. The lowest BCUT2D eigenvalue weighted by Crippen LogP contribution is -2.48. The molecule has 3 aliphatic rings. The maximum absolute atomic E-state index is 13.1. The highest BCUT2D eigenvalue weighted by atomic mass is 35.5. The van der Waals surface area contributed by atoms with Gasteiger partial charge in [-0.15, -0.1) is 12.4 Å². The van der Waals surface area contributed by atoms with Crippen LogP contribution in [0.15, 0.2) is 30.3 Å². The third-order valence-electron chi connectivity index (χ3n) is 6.53. The van der Waals surface area contributed by atoms with Crippen LogP contribution >= 0.6 is 12.4 Å². The minimum Gasteiger partial charge on any atom is -0.339 e. The Morgan fingerprint density at radius 3 is 2.48 bits per heavy atom. The molecule has 1 heterocycles. The maximum atomic E-state index is 13.1. The third kappa shape index (κ3) is 2.68. The molecule has 4 heteroatoms. The first-order chi connectivity index (χ1) is 10.7. The lowest BCUT2D eigenvalue weighted by Gasteiger charge is -2.33. The summed E-state index contributed by atoms with van der Waals surface area (Å²) in [6.45, 7) is 3.10. The quantitative estimate of drug-likeness (QED) is 0.902. The summed E-state index contributed by atoms with van der Waals surface area (Å²) in [6, 6.07) is 11.0. The maximum Gasteiger partial charge on any atom is 0.227 e. The Labute approximate surface area is 145 Å². The van der Waals surface area contributed by atoms with Crippen molar-refractivity contribution >= 4 is 18.3 Å². The predicted octanol–water partition coefficient (Wildman–Crippen LogP) is 3.19. The van der Waals surface area contributed by atoms with Crippen molar-refractivity contribution in [1.29, 1.82) is 0 Å². The van der Waals surface area contributed by atoms with Crippen LogP contribution in [-0.4, -0.2) is 29.4 Å². The average molecular weight is 335 g/mol. The van der Waals surface area contributed by atoms with Gasteiger partial charge in [0.15, 0.2) is 0 Å². The summed E-state index contributed by atoms with van der Waals surface area (Å²) in [4.78, 5) is 15.2. The highest BCUT2D eigenvalue weighted by Crippen LogP contribution is 2.49. The van der Waals surface area contributed by atoms with E-state index in [2.05, 4.69) is 42.2 Å². The Hall–Kier alpha value is -1.06. The van der Waals surface area contributed by atoms with E-state index in [1.165, 1.54) is 24.8 Å². The zero-order chi connectivity index (χ0) is 15.3. The smallest absolute Gasteiger partial charge is 0.227 e. The predicted molar refractivity (Wildman–Crippen MR) is 94.5 cm³/mol. The molecule has 3 fully saturated rings. The Balaban J connectivity index is 0.00000156. The molecule has 6 atom stereocenters. The fourth-order valence-electron chi connectivity index (χ4n) is 5.29. The van der Waals surface area contributed by atoms with Crippen molar-refractivity contribution in [2.45, 2.75) is 50.6 Å². The molecule has 0 spiro atoms. The van der Waals surface area contributed by atoms with Crippen molar-refractivity contribution in [2.24, 2.45) is 23.5 Å². The molecular formula is C19H27ClN2O. The number of fused-ring (bicyclic) bond motifs is 2. The van der Waals surface area contributed by atoms with Gasteiger partial charge in [0, 0.05) is 24.5 Å². The van der Waals surface area contributed by atoms with Gasteiger partial charge < -0.3 is 10.6 Å². The molecule has 6 unspecified atom stereocenters. The van der Waals surface area contributed by atoms with Crippen molar-refractivity contribution < 1.29 is 4.79 Å². The molecule has 1 aromatic carbocycles. The first-order valence-corrected chi connectivity index (χ1v) is 8.78. The monoisotopic (exact) mass is 334 g/mol. The molecule has 3 nitrogen and oxygen atoms in total. The molecule has 1 aromatic rings. The first-order valence-electron chi connectivity index (χ1n) is 8.78. The summed E-state index contributed by atoms with van der Waals surface area (Å²) >= 11 is 0. The molecule has 0 radical (unpaired) electrons. The van der Waals surface area contributed by atoms with Crippen molar-refractivity contribution in [1.82, 2.24) is 4.90 Å². The van der Waals surface area contributed by atoms with E-state index in [-0.39, 0.29) is 24.4 Å². The lowest BCUT2D eigenvalue weighted by molar-refractivity contribution is -0.138. The van der Waals surface area contributed by atoms with Crippen LogP contribution in [0, 0.1) is 17.8 Å². The second kappa shape index (κ2) is 6.45. The van der Waals surface area contributed by atoms with Crippen LogP contribution in [0.5, 0.6) is 0 Å². The van der Waals surface area contributed by atoms with Crippen LogP contribution in [0.1, 0.15) is 44.1 Å². The van der Waals surface area contributed by atoms with Gasteiger partial charge in [0.2, 0.25) is 5.91 Å². The SMILES string of the molecule is CC1C(c2ccccc2)CCN1C(=O)C1C2CCC(C2)C1N.Cl. The second-order valence-corrected chi connectivity index (χ2v) is 7.51. The van der Waals surface area contributed by atoms with Gasteiger partial charge in [-0.25, -0.2) is 0 Å². The van der Waals surface area contributed by atoms with E-state index in [1.807, 2.05) is 0 Å². The highest BCUT2D eigenvalue weighted by molar-refractivity contribution is 5.85. The molecule has 126 valence electrons. The zero-order valence-corrected chi connectivity index (χ0v) is 14.5. The van der Waals surface area contributed by atoms with E-state index in [0.717, 1.165) is 13.0 Å². The van der Waals surface area contributed by atoms with Gasteiger partial charge in [-0.2, -0.15) is 0 Å². The second-order valence-electron chi connectivity index (χ2n) is 7.51. The molecule has 2 saturated carbocycles. The molecule has 2 N–H and O–H groups in total. The first kappa shape index (κ1) is 16.8. The van der Waals surface area contributed by atoms with Gasteiger partial charge in [0.25, 0.3) is 0 Å². The van der Waals surface area contributed by atoms with Gasteiger partial charge in [-0.1, -0.05) is 30.3 Å². The number of rotatable bonds is 2. The topological polar surface area (TPSA) is 46.3 Å². The van der Waals surface area contributed by atoms with Crippen molar-refractivity contribution in [2.75, 3.05) is 6.54 Å². The number of hydrogen-bond donors (Lipinski definition) is 1. The fraction of sp³-hybridized carbons (Fsp3) is 0.632. The fourth-order valence-corrected chi connectivity index (χ4v) is 5.29. The van der Waals surface area contributed by atoms with E-state index in [0.29, 0.717) is 29.7 Å². The molecule has 2 bridgehead atoms. The van der Waals surface area contributed by atoms with Crippen LogP contribution in [-0.2, 0) is 4.79 Å². The zero-order valence-electron chi connectivity index (χ0n) is 13.7. The Morgan fingerprint density at radius 2 is 1.83 bits per heavy atom. The Kier molecular flexibility index (Phi) is 4.70. The van der Waals surface area contributed by atoms with Crippen LogP contribution in [0.25, 0.3) is 0 Å². The Bertz CT molecular complexity index is 562. The number of nitrogens with zero attached hydrogens (tertiary/aromatic N) is 1. The molecule has 4 rings (SSSR count). The summed E-state index contributed by atoms with van der Waals surface area (Å²) in [7, 11) is 0. The Morgan fingerprint density at radius 1 is 1.13 bits per heavy atom. The van der Waals surface area contributed by atoms with E-state index in [9.17, 15) is 4.79 Å². The number of benzene rings is 1. The largest absolute Gasteiger partial charge is 0.339 e. The number of carbonyl (C=O) groups is 1. The van der Waals surface area contributed by atoms with Crippen molar-refractivity contribution in [3.05, 3.63) is 35.9 Å². The van der Waals surface area contributed by atoms with Crippen molar-refractivity contribution in [3.63, 3.8) is 0 Å². The van der Waals surface area contributed by atoms with Gasteiger partial charge in [0.1, 0.15) is 0 Å². The summed E-state index contributed by atoms with van der Waals surface area (Å²) in [6.07, 6.45) is 4.70. The minimum atomic E-state index is 0. The number of likely N-dealkylation sites (tertiary alicyclic amines) is 1. The molecule has 23 heavy (non-hydrogen) atoms. The van der Waals surface area contributed by atoms with E-state index < -0.39 is 0 Å². The van der Waals surface area contributed by atoms with Crippen LogP contribution in [0.2, 0.25) is 0 Å². The highest BCUT2D eigenvalue weighted by Gasteiger charge is 2.51. The summed E-state index contributed by atoms with van der Waals surface area (Å²) in [5.41, 5.74) is 7.74. The van der Waals surface area contributed by atoms with Gasteiger partial charge in [0.05, 0.1) is 5.92 Å². The number of hydrogen-bond acceptors (Lipinski definition) is 2.